The molecular weight excluding hydrogens is 250 g/mol. The molecule has 2 N–H and O–H groups in total. The standard InChI is InChI=1S/C13H15NO3S/c15-5-1-4-12-7-10(9-18-12)13(16)14-11-3-2-6-17-8-11/h7,9,11,15H,2-3,5-6,8H2,(H,14,16). The molecule has 1 aliphatic rings. The molecule has 0 bridgehead atoms. The van der Waals surface area contributed by atoms with Crippen LogP contribution in [0.2, 0.25) is 0 Å². The highest BCUT2D eigenvalue weighted by Crippen LogP contribution is 2.14. The molecule has 0 radical (unpaired) electrons. The zero-order valence-corrected chi connectivity index (χ0v) is 10.8. The Balaban J connectivity index is 1.93. The molecule has 0 aliphatic carbocycles. The Morgan fingerprint density at radius 1 is 1.67 bits per heavy atom. The van der Waals surface area contributed by atoms with Gasteiger partial charge >= 0.3 is 0 Å². The van der Waals surface area contributed by atoms with Crippen molar-refractivity contribution in [2.45, 2.75) is 18.9 Å². The minimum atomic E-state index is -0.168. The molecule has 1 aromatic heterocycles. The molecule has 1 aromatic rings. The Morgan fingerprint density at radius 2 is 2.56 bits per heavy atom. The number of amides is 1. The van der Waals surface area contributed by atoms with Crippen molar-refractivity contribution in [2.24, 2.45) is 0 Å². The number of hydrogen-bond donors (Lipinski definition) is 2. The molecule has 0 spiro atoms. The minimum Gasteiger partial charge on any atom is -0.384 e. The first-order valence-corrected chi connectivity index (χ1v) is 6.74. The third kappa shape index (κ3) is 3.57. The van der Waals surface area contributed by atoms with Gasteiger partial charge in [-0.15, -0.1) is 11.3 Å². The zero-order valence-electron chi connectivity index (χ0n) is 9.94. The van der Waals surface area contributed by atoms with Crippen molar-refractivity contribution >= 4 is 17.2 Å². The summed E-state index contributed by atoms with van der Waals surface area (Å²) in [5.41, 5.74) is 0.618. The van der Waals surface area contributed by atoms with Gasteiger partial charge in [0.1, 0.15) is 6.61 Å². The predicted octanol–water partition coefficient (Wildman–Crippen LogP) is 1.00. The first-order chi connectivity index (χ1) is 8.79. The van der Waals surface area contributed by atoms with Crippen LogP contribution >= 0.6 is 11.3 Å². The lowest BCUT2D eigenvalue weighted by Crippen LogP contribution is -2.40. The summed E-state index contributed by atoms with van der Waals surface area (Å²) in [6, 6.07) is 1.85. The predicted molar refractivity (Wildman–Crippen MR) is 69.6 cm³/mol. The molecule has 1 unspecified atom stereocenters. The summed E-state index contributed by atoms with van der Waals surface area (Å²) in [6.07, 6.45) is 1.95. The van der Waals surface area contributed by atoms with Crippen LogP contribution in [0.15, 0.2) is 11.4 Å². The average molecular weight is 265 g/mol. The van der Waals surface area contributed by atoms with Crippen molar-refractivity contribution in [2.75, 3.05) is 19.8 Å². The van der Waals surface area contributed by atoms with Gasteiger partial charge < -0.3 is 15.2 Å². The molecule has 96 valence electrons. The number of aliphatic hydroxyl groups excluding tert-OH is 1. The minimum absolute atomic E-state index is 0.0844. The summed E-state index contributed by atoms with van der Waals surface area (Å²) in [6.45, 7) is 1.21. The summed E-state index contributed by atoms with van der Waals surface area (Å²) in [4.78, 5) is 12.7. The van der Waals surface area contributed by atoms with E-state index in [0.717, 1.165) is 24.3 Å². The number of hydrogen-bond acceptors (Lipinski definition) is 4. The molecule has 2 rings (SSSR count). The Morgan fingerprint density at radius 3 is 3.28 bits per heavy atom. The average Bonchev–Trinajstić information content (AvgIpc) is 2.86. The monoisotopic (exact) mass is 265 g/mol. The van der Waals surface area contributed by atoms with E-state index in [2.05, 4.69) is 17.2 Å². The molecule has 4 nitrogen and oxygen atoms in total. The first kappa shape index (κ1) is 13.1. The lowest BCUT2D eigenvalue weighted by Gasteiger charge is -2.22. The van der Waals surface area contributed by atoms with Crippen LogP contribution in [-0.2, 0) is 4.74 Å². The normalized spacial score (nSPS) is 18.8. The molecule has 1 atom stereocenters. The van der Waals surface area contributed by atoms with Crippen LogP contribution in [0.25, 0.3) is 0 Å². The van der Waals surface area contributed by atoms with E-state index in [1.165, 1.54) is 11.3 Å². The van der Waals surface area contributed by atoms with Crippen molar-refractivity contribution in [3.05, 3.63) is 21.9 Å². The molecular formula is C13H15NO3S. The second-order valence-electron chi connectivity index (χ2n) is 4.05. The van der Waals surface area contributed by atoms with E-state index in [-0.39, 0.29) is 18.6 Å². The number of nitrogens with one attached hydrogen (secondary N) is 1. The maximum atomic E-state index is 11.9. The molecule has 0 saturated carbocycles. The number of thiophene rings is 1. The Bertz CT molecular complexity index is 466. The van der Waals surface area contributed by atoms with Crippen molar-refractivity contribution in [1.29, 1.82) is 0 Å². The fourth-order valence-electron chi connectivity index (χ4n) is 1.77. The van der Waals surface area contributed by atoms with Crippen molar-refractivity contribution < 1.29 is 14.6 Å². The summed E-state index contributed by atoms with van der Waals surface area (Å²) < 4.78 is 5.31. The highest BCUT2D eigenvalue weighted by Gasteiger charge is 2.17. The fraction of sp³-hybridized carbons (Fsp3) is 0.462. The van der Waals surface area contributed by atoms with Crippen LogP contribution in [0.5, 0.6) is 0 Å². The molecule has 1 aliphatic heterocycles. The fourth-order valence-corrected chi connectivity index (χ4v) is 2.53. The highest BCUT2D eigenvalue weighted by molar-refractivity contribution is 7.10. The smallest absolute Gasteiger partial charge is 0.252 e. The molecule has 0 aromatic carbocycles. The van der Waals surface area contributed by atoms with Crippen LogP contribution in [0.4, 0.5) is 0 Å². The summed E-state index contributed by atoms with van der Waals surface area (Å²) in [5.74, 6) is 5.27. The lowest BCUT2D eigenvalue weighted by atomic mass is 10.1. The van der Waals surface area contributed by atoms with E-state index in [0.29, 0.717) is 12.2 Å². The third-order valence-corrected chi connectivity index (χ3v) is 3.49. The molecule has 1 fully saturated rings. The van der Waals surface area contributed by atoms with Gasteiger partial charge in [0.25, 0.3) is 5.91 Å². The van der Waals surface area contributed by atoms with Crippen LogP contribution < -0.4 is 5.32 Å². The topological polar surface area (TPSA) is 58.6 Å². The lowest BCUT2D eigenvalue weighted by molar-refractivity contribution is 0.0624. The van der Waals surface area contributed by atoms with Gasteiger partial charge in [-0.05, 0) is 18.9 Å². The van der Waals surface area contributed by atoms with Gasteiger partial charge in [0.05, 0.1) is 23.1 Å². The zero-order chi connectivity index (χ0) is 12.8. The molecule has 2 heterocycles. The van der Waals surface area contributed by atoms with E-state index < -0.39 is 0 Å². The van der Waals surface area contributed by atoms with E-state index in [1.54, 1.807) is 11.4 Å². The molecule has 1 amide bonds. The van der Waals surface area contributed by atoms with Crippen molar-refractivity contribution in [3.8, 4) is 11.8 Å². The maximum Gasteiger partial charge on any atom is 0.252 e. The largest absolute Gasteiger partial charge is 0.384 e. The molecule has 1 saturated heterocycles. The Labute approximate surface area is 110 Å². The summed E-state index contributed by atoms with van der Waals surface area (Å²) in [7, 11) is 0. The third-order valence-electron chi connectivity index (χ3n) is 2.65. The second-order valence-corrected chi connectivity index (χ2v) is 4.96. The van der Waals surface area contributed by atoms with E-state index in [9.17, 15) is 4.79 Å². The molecule has 18 heavy (non-hydrogen) atoms. The number of carbonyl (C=O) groups is 1. The van der Waals surface area contributed by atoms with E-state index >= 15 is 0 Å². The quantitative estimate of drug-likeness (QED) is 0.784. The van der Waals surface area contributed by atoms with Gasteiger partial charge in [-0.3, -0.25) is 4.79 Å². The number of ether oxygens (including phenoxy) is 1. The Kier molecular flexibility index (Phi) is 4.76. The highest BCUT2D eigenvalue weighted by atomic mass is 32.1. The van der Waals surface area contributed by atoms with Gasteiger partial charge in [-0.25, -0.2) is 0 Å². The van der Waals surface area contributed by atoms with Crippen LogP contribution in [0, 0.1) is 11.8 Å². The van der Waals surface area contributed by atoms with E-state index in [1.807, 2.05) is 0 Å². The number of rotatable bonds is 2. The van der Waals surface area contributed by atoms with Gasteiger partial charge in [-0.1, -0.05) is 11.8 Å². The summed E-state index contributed by atoms with van der Waals surface area (Å²) in [5, 5.41) is 13.3. The van der Waals surface area contributed by atoms with Gasteiger partial charge in [-0.2, -0.15) is 0 Å². The van der Waals surface area contributed by atoms with E-state index in [4.69, 9.17) is 9.84 Å². The SMILES string of the molecule is O=C(NC1CCCOC1)c1csc(C#CCO)c1. The van der Waals surface area contributed by atoms with Crippen LogP contribution in [-0.4, -0.2) is 36.9 Å². The van der Waals surface area contributed by atoms with Crippen molar-refractivity contribution in [1.82, 2.24) is 5.32 Å². The number of aliphatic hydroxyl groups is 1. The Hall–Kier alpha value is -1.35. The second kappa shape index (κ2) is 6.55. The van der Waals surface area contributed by atoms with Gasteiger partial charge in [0.2, 0.25) is 0 Å². The molecule has 5 heteroatoms. The van der Waals surface area contributed by atoms with Crippen LogP contribution in [0.3, 0.4) is 0 Å². The van der Waals surface area contributed by atoms with Crippen molar-refractivity contribution in [3.63, 3.8) is 0 Å². The first-order valence-electron chi connectivity index (χ1n) is 5.86. The number of carbonyl (C=O) groups excluding carboxylic acids is 1. The van der Waals surface area contributed by atoms with Gasteiger partial charge in [0, 0.05) is 12.0 Å². The van der Waals surface area contributed by atoms with Gasteiger partial charge in [0.15, 0.2) is 0 Å². The maximum absolute atomic E-state index is 11.9. The van der Waals surface area contributed by atoms with Crippen LogP contribution in [0.1, 0.15) is 28.1 Å². The summed E-state index contributed by atoms with van der Waals surface area (Å²) >= 11 is 1.40.